The second-order valence-corrected chi connectivity index (χ2v) is 3.06. The number of nitrogens with zero attached hydrogens (tertiary/aromatic N) is 2. The summed E-state index contributed by atoms with van der Waals surface area (Å²) in [6.45, 7) is 4.34. The van der Waals surface area contributed by atoms with Crippen molar-refractivity contribution in [3.05, 3.63) is 20.2 Å². The lowest BCUT2D eigenvalue weighted by atomic mass is 10.2. The van der Waals surface area contributed by atoms with Crippen molar-refractivity contribution in [3.8, 4) is 0 Å². The molecule has 0 aromatic rings. The molecule has 0 aliphatic carbocycles. The first-order valence-electron chi connectivity index (χ1n) is 5.32. The van der Waals surface area contributed by atoms with Crippen LogP contribution in [0.15, 0.2) is 0 Å². The molecule has 0 heterocycles. The number of hydrogen-bond donors (Lipinski definition) is 2. The molecule has 2 N–H and O–H groups in total. The smallest absolute Gasteiger partial charge is 0.294 e. The van der Waals surface area contributed by atoms with E-state index in [1.54, 1.807) is 0 Å². The van der Waals surface area contributed by atoms with Crippen molar-refractivity contribution in [1.29, 1.82) is 0 Å². The fraction of sp³-hybridized carbons (Fsp3) is 1.00. The van der Waals surface area contributed by atoms with Gasteiger partial charge in [0, 0.05) is 0 Å². The Balaban J connectivity index is 0. The molecule has 0 atom stereocenters. The van der Waals surface area contributed by atoms with Crippen molar-refractivity contribution in [1.82, 2.24) is 5.32 Å². The summed E-state index contributed by atoms with van der Waals surface area (Å²) in [6, 6.07) is 0. The van der Waals surface area contributed by atoms with Crippen LogP contribution in [0.3, 0.4) is 0 Å². The van der Waals surface area contributed by atoms with Crippen LogP contribution < -0.4 is 5.32 Å². The molecular formula is C8H19N3O6. The highest BCUT2D eigenvalue weighted by Crippen LogP contribution is 1.98. The number of nitrogens with one attached hydrogen (secondary N) is 1. The van der Waals surface area contributed by atoms with E-state index in [4.69, 9.17) is 15.3 Å². The van der Waals surface area contributed by atoms with E-state index in [0.29, 0.717) is 0 Å². The maximum absolute atomic E-state index is 9.75. The van der Waals surface area contributed by atoms with E-state index >= 15 is 0 Å². The predicted octanol–water partition coefficient (Wildman–Crippen LogP) is 1.02. The zero-order valence-corrected chi connectivity index (χ0v) is 9.83. The van der Waals surface area contributed by atoms with E-state index in [1.165, 1.54) is 0 Å². The van der Waals surface area contributed by atoms with Crippen LogP contribution in [0.1, 0.15) is 32.6 Å². The van der Waals surface area contributed by atoms with Gasteiger partial charge >= 0.3 is 0 Å². The molecule has 0 bridgehead atoms. The molecule has 0 fully saturated rings. The molecule has 0 amide bonds. The number of rotatable bonds is 9. The second-order valence-electron chi connectivity index (χ2n) is 3.06. The first kappa shape index (κ1) is 17.7. The van der Waals surface area contributed by atoms with Gasteiger partial charge < -0.3 is 15.4 Å². The number of hydrogen-bond acceptors (Lipinski definition) is 6. The molecule has 0 aliphatic heterocycles. The topological polar surface area (TPSA) is 128 Å². The van der Waals surface area contributed by atoms with E-state index < -0.39 is 10.2 Å². The minimum atomic E-state index is -1.50. The molecule has 9 heteroatoms. The van der Waals surface area contributed by atoms with Gasteiger partial charge in [-0.05, 0) is 25.9 Å². The van der Waals surface area contributed by atoms with E-state index in [0.717, 1.165) is 38.8 Å². The minimum absolute atomic E-state index is 0.230. The van der Waals surface area contributed by atoms with Crippen molar-refractivity contribution in [3.63, 3.8) is 0 Å². The monoisotopic (exact) mass is 253 g/mol. The molecule has 0 rings (SSSR count). The lowest BCUT2D eigenvalue weighted by molar-refractivity contribution is -0.757. The van der Waals surface area contributed by atoms with Crippen molar-refractivity contribution in [2.45, 2.75) is 32.6 Å². The van der Waals surface area contributed by atoms with Gasteiger partial charge in [-0.3, -0.25) is 0 Å². The highest BCUT2D eigenvalue weighted by Gasteiger charge is 1.94. The van der Waals surface area contributed by atoms with Crippen molar-refractivity contribution in [2.75, 3.05) is 19.7 Å². The standard InChI is InChI=1S/C8H18N2O3.HNO3/c1-2-9-7-5-3-4-6-8-13-10(11)12;2-1(3)4/h9H,2-8H2,1H3;(H,2,3,4). The van der Waals surface area contributed by atoms with Gasteiger partial charge in [0.2, 0.25) is 0 Å². The Hall–Kier alpha value is -1.64. The van der Waals surface area contributed by atoms with Gasteiger partial charge in [0.25, 0.3) is 10.2 Å². The molecule has 0 unspecified atom stereocenters. The van der Waals surface area contributed by atoms with Gasteiger partial charge in [-0.2, -0.15) is 0 Å². The fourth-order valence-electron chi connectivity index (χ4n) is 1.02. The van der Waals surface area contributed by atoms with E-state index in [2.05, 4.69) is 17.1 Å². The summed E-state index contributed by atoms with van der Waals surface area (Å²) in [4.78, 5) is 22.3. The molecule has 17 heavy (non-hydrogen) atoms. The van der Waals surface area contributed by atoms with Crippen LogP contribution in [0.5, 0.6) is 0 Å². The molecule has 0 saturated heterocycles. The average molecular weight is 253 g/mol. The van der Waals surface area contributed by atoms with Gasteiger partial charge in [0.15, 0.2) is 0 Å². The lowest BCUT2D eigenvalue weighted by Crippen LogP contribution is -2.13. The zero-order valence-electron chi connectivity index (χ0n) is 9.83. The Morgan fingerprint density at radius 1 is 1.18 bits per heavy atom. The van der Waals surface area contributed by atoms with Gasteiger partial charge in [-0.15, -0.1) is 20.2 Å². The maximum atomic E-state index is 9.75. The average Bonchev–Trinajstić information content (AvgIpc) is 2.21. The summed E-state index contributed by atoms with van der Waals surface area (Å²) in [5, 5.41) is 25.9. The van der Waals surface area contributed by atoms with Crippen molar-refractivity contribution in [2.24, 2.45) is 0 Å². The Bertz CT molecular complexity index is 198. The summed E-state index contributed by atoms with van der Waals surface area (Å²) in [5.41, 5.74) is 0. The molecule has 0 spiro atoms. The van der Waals surface area contributed by atoms with Crippen molar-refractivity contribution < 1.29 is 20.2 Å². The largest absolute Gasteiger partial charge is 0.328 e. The lowest BCUT2D eigenvalue weighted by Gasteiger charge is -2.01. The Kier molecular flexibility index (Phi) is 15.0. The molecule has 0 radical (unpaired) electrons. The van der Waals surface area contributed by atoms with Crippen LogP contribution in [0.2, 0.25) is 0 Å². The molecular weight excluding hydrogens is 234 g/mol. The summed E-state index contributed by atoms with van der Waals surface area (Å²) >= 11 is 0. The maximum Gasteiger partial charge on any atom is 0.294 e. The Morgan fingerprint density at radius 3 is 2.18 bits per heavy atom. The van der Waals surface area contributed by atoms with Crippen LogP contribution in [-0.4, -0.2) is 35.1 Å². The SMILES string of the molecule is CCNCCCCCCO[N+](=O)[O-].O=[N+]([O-])O. The van der Waals surface area contributed by atoms with E-state index in [-0.39, 0.29) is 6.61 Å². The highest BCUT2D eigenvalue weighted by atomic mass is 16.9. The summed E-state index contributed by atoms with van der Waals surface area (Å²) in [7, 11) is 0. The van der Waals surface area contributed by atoms with E-state index in [1.807, 2.05) is 0 Å². The molecule has 0 aromatic heterocycles. The van der Waals surface area contributed by atoms with Crippen molar-refractivity contribution >= 4 is 0 Å². The summed E-state index contributed by atoms with van der Waals surface area (Å²) in [5.74, 6) is 0. The fourth-order valence-corrected chi connectivity index (χ4v) is 1.02. The van der Waals surface area contributed by atoms with Gasteiger partial charge in [0.05, 0.1) is 6.61 Å². The van der Waals surface area contributed by atoms with Gasteiger partial charge in [-0.1, -0.05) is 19.8 Å². The molecule has 0 aliphatic rings. The first-order valence-corrected chi connectivity index (χ1v) is 5.32. The normalized spacial score (nSPS) is 9.00. The first-order chi connectivity index (χ1) is 8.00. The summed E-state index contributed by atoms with van der Waals surface area (Å²) < 4.78 is 0. The molecule has 9 nitrogen and oxygen atoms in total. The van der Waals surface area contributed by atoms with Crippen LogP contribution in [0.25, 0.3) is 0 Å². The van der Waals surface area contributed by atoms with Crippen LogP contribution in [0.4, 0.5) is 0 Å². The Morgan fingerprint density at radius 2 is 1.71 bits per heavy atom. The number of unbranched alkanes of at least 4 members (excludes halogenated alkanes) is 3. The Labute approximate surface area is 99.0 Å². The molecule has 0 saturated carbocycles. The van der Waals surface area contributed by atoms with Gasteiger partial charge in [0.1, 0.15) is 0 Å². The van der Waals surface area contributed by atoms with E-state index in [9.17, 15) is 10.1 Å². The quantitative estimate of drug-likeness (QED) is 0.356. The third-order valence-electron chi connectivity index (χ3n) is 1.69. The third-order valence-corrected chi connectivity index (χ3v) is 1.69. The molecule has 0 aromatic carbocycles. The predicted molar refractivity (Wildman–Crippen MR) is 58.7 cm³/mol. The van der Waals surface area contributed by atoms with Crippen LogP contribution >= 0.6 is 0 Å². The van der Waals surface area contributed by atoms with Crippen LogP contribution in [-0.2, 0) is 4.84 Å². The van der Waals surface area contributed by atoms with Gasteiger partial charge in [-0.25, -0.2) is 0 Å². The third kappa shape index (κ3) is 31.4. The highest BCUT2D eigenvalue weighted by molar-refractivity contribution is 4.46. The second kappa shape index (κ2) is 14.4. The summed E-state index contributed by atoms with van der Waals surface area (Å²) in [6.07, 6.45) is 4.01. The minimum Gasteiger partial charge on any atom is -0.328 e. The molecule has 102 valence electrons. The zero-order chi connectivity index (χ0) is 13.5. The van der Waals surface area contributed by atoms with Crippen LogP contribution in [0, 0.1) is 20.2 Å².